The van der Waals surface area contributed by atoms with E-state index in [9.17, 15) is 20.2 Å². The second-order valence-corrected chi connectivity index (χ2v) is 7.37. The highest BCUT2D eigenvalue weighted by Gasteiger charge is 2.22. The fraction of sp³-hybridized carbons (Fsp3) is 0.154. The van der Waals surface area contributed by atoms with Crippen LogP contribution in [0.1, 0.15) is 22.3 Å². The van der Waals surface area contributed by atoms with Gasteiger partial charge in [-0.2, -0.15) is 0 Å². The van der Waals surface area contributed by atoms with Crippen LogP contribution < -0.4 is 18.9 Å². The van der Waals surface area contributed by atoms with Crippen LogP contribution in [0.3, 0.4) is 0 Å². The number of rotatable bonds is 10. The highest BCUT2D eigenvalue weighted by atomic mass is 16.6. The van der Waals surface area contributed by atoms with Gasteiger partial charge in [-0.3, -0.25) is 20.2 Å². The van der Waals surface area contributed by atoms with Crippen molar-refractivity contribution in [3.8, 4) is 23.0 Å². The summed E-state index contributed by atoms with van der Waals surface area (Å²) in [6.07, 6.45) is 6.24. The number of nitrogens with zero attached hydrogens (tertiary/aromatic N) is 2. The van der Waals surface area contributed by atoms with Gasteiger partial charge in [-0.1, -0.05) is 12.2 Å². The predicted octanol–water partition coefficient (Wildman–Crippen LogP) is 5.88. The van der Waals surface area contributed by atoms with Crippen molar-refractivity contribution in [2.75, 3.05) is 28.4 Å². The number of methoxy groups -OCH3 is 4. The summed E-state index contributed by atoms with van der Waals surface area (Å²) in [4.78, 5) is 22.1. The fourth-order valence-corrected chi connectivity index (χ4v) is 3.49. The number of nitro benzene ring substituents is 2. The molecule has 0 aromatic heterocycles. The SMILES string of the molecule is COc1ccc(OC)c(C=Cc2cc(C=Cc3cc(OC)ccc3OC)c([N+](=O)[O-])cc2[N+](=O)[O-])c1. The first-order valence-electron chi connectivity index (χ1n) is 10.6. The van der Waals surface area contributed by atoms with E-state index in [1.54, 1.807) is 48.6 Å². The van der Waals surface area contributed by atoms with Gasteiger partial charge in [0.15, 0.2) is 0 Å². The van der Waals surface area contributed by atoms with Crippen LogP contribution in [0.5, 0.6) is 23.0 Å². The van der Waals surface area contributed by atoms with Crippen LogP contribution in [0, 0.1) is 20.2 Å². The molecule has 0 amide bonds. The summed E-state index contributed by atoms with van der Waals surface area (Å²) < 4.78 is 21.2. The Labute approximate surface area is 207 Å². The quantitative estimate of drug-likeness (QED) is 0.195. The van der Waals surface area contributed by atoms with Crippen molar-refractivity contribution in [2.45, 2.75) is 0 Å². The summed E-state index contributed by atoms with van der Waals surface area (Å²) in [5.74, 6) is 2.21. The average molecular weight is 492 g/mol. The molecule has 0 bridgehead atoms. The molecule has 0 fully saturated rings. The van der Waals surface area contributed by atoms with Gasteiger partial charge in [-0.15, -0.1) is 0 Å². The molecule has 0 aliphatic carbocycles. The van der Waals surface area contributed by atoms with E-state index >= 15 is 0 Å². The molecule has 3 aromatic rings. The number of nitro groups is 2. The molecule has 3 aromatic carbocycles. The van der Waals surface area contributed by atoms with E-state index in [-0.39, 0.29) is 11.1 Å². The topological polar surface area (TPSA) is 123 Å². The van der Waals surface area contributed by atoms with E-state index in [4.69, 9.17) is 18.9 Å². The van der Waals surface area contributed by atoms with E-state index in [0.29, 0.717) is 34.1 Å². The zero-order chi connectivity index (χ0) is 26.2. The molecule has 0 saturated carbocycles. The fourth-order valence-electron chi connectivity index (χ4n) is 3.49. The van der Waals surface area contributed by atoms with Crippen LogP contribution in [0.2, 0.25) is 0 Å². The Hall–Kier alpha value is -4.86. The lowest BCUT2D eigenvalue weighted by Gasteiger charge is -2.08. The molecule has 0 saturated heterocycles. The Balaban J connectivity index is 2.13. The van der Waals surface area contributed by atoms with Crippen LogP contribution in [-0.2, 0) is 0 Å². The second-order valence-electron chi connectivity index (χ2n) is 7.37. The van der Waals surface area contributed by atoms with Gasteiger partial charge in [0.1, 0.15) is 23.0 Å². The third-order valence-corrected chi connectivity index (χ3v) is 5.33. The third-order valence-electron chi connectivity index (χ3n) is 5.33. The van der Waals surface area contributed by atoms with E-state index < -0.39 is 21.2 Å². The summed E-state index contributed by atoms with van der Waals surface area (Å²) in [7, 11) is 6.05. The molecular formula is C26H24N2O8. The smallest absolute Gasteiger partial charge is 0.283 e. The molecule has 3 rings (SSSR count). The first-order valence-corrected chi connectivity index (χ1v) is 10.6. The molecule has 0 N–H and O–H groups in total. The van der Waals surface area contributed by atoms with E-state index in [1.807, 2.05) is 0 Å². The normalized spacial score (nSPS) is 11.0. The van der Waals surface area contributed by atoms with Crippen LogP contribution in [0.15, 0.2) is 48.5 Å². The van der Waals surface area contributed by atoms with Gasteiger partial charge in [0, 0.05) is 11.1 Å². The van der Waals surface area contributed by atoms with Crippen LogP contribution in [0.4, 0.5) is 11.4 Å². The van der Waals surface area contributed by atoms with Crippen LogP contribution >= 0.6 is 0 Å². The Morgan fingerprint density at radius 3 is 1.28 bits per heavy atom. The van der Waals surface area contributed by atoms with Gasteiger partial charge in [0.2, 0.25) is 0 Å². The maximum absolute atomic E-state index is 11.7. The van der Waals surface area contributed by atoms with Gasteiger partial charge in [-0.25, -0.2) is 0 Å². The van der Waals surface area contributed by atoms with E-state index in [2.05, 4.69) is 0 Å². The first kappa shape index (κ1) is 25.8. The Bertz CT molecular complexity index is 1250. The van der Waals surface area contributed by atoms with Gasteiger partial charge in [-0.05, 0) is 54.6 Å². The molecule has 0 heterocycles. The molecule has 186 valence electrons. The molecule has 0 radical (unpaired) electrons. The van der Waals surface area contributed by atoms with Gasteiger partial charge < -0.3 is 18.9 Å². The van der Waals surface area contributed by atoms with Gasteiger partial charge in [0.05, 0.1) is 55.5 Å². The van der Waals surface area contributed by atoms with Crippen molar-refractivity contribution in [3.63, 3.8) is 0 Å². The van der Waals surface area contributed by atoms with Crippen LogP contribution in [0.25, 0.3) is 24.3 Å². The minimum absolute atomic E-state index is 0.174. The largest absolute Gasteiger partial charge is 0.497 e. The molecule has 10 nitrogen and oxygen atoms in total. The summed E-state index contributed by atoms with van der Waals surface area (Å²) in [6.45, 7) is 0. The third kappa shape index (κ3) is 5.79. The van der Waals surface area contributed by atoms with E-state index in [0.717, 1.165) is 6.07 Å². The monoisotopic (exact) mass is 492 g/mol. The summed E-state index contributed by atoms with van der Waals surface area (Å²) in [6, 6.07) is 12.6. The van der Waals surface area contributed by atoms with E-state index in [1.165, 1.54) is 46.7 Å². The molecular weight excluding hydrogens is 468 g/mol. The van der Waals surface area contributed by atoms with Crippen molar-refractivity contribution < 1.29 is 28.8 Å². The number of benzene rings is 3. The minimum Gasteiger partial charge on any atom is -0.497 e. The maximum atomic E-state index is 11.7. The Morgan fingerprint density at radius 2 is 0.944 bits per heavy atom. The standard InChI is InChI=1S/C26H24N2O8/c1-33-21-9-11-25(35-3)19(14-21)7-5-17-13-18(24(28(31)32)16-23(17)27(29)30)6-8-20-15-22(34-2)10-12-26(20)36-4/h5-16H,1-4H3. The lowest BCUT2D eigenvalue weighted by atomic mass is 10.0. The van der Waals surface area contributed by atoms with Crippen molar-refractivity contribution in [1.29, 1.82) is 0 Å². The average Bonchev–Trinajstić information content (AvgIpc) is 2.89. The predicted molar refractivity (Wildman–Crippen MR) is 137 cm³/mol. The van der Waals surface area contributed by atoms with Gasteiger partial charge >= 0.3 is 0 Å². The van der Waals surface area contributed by atoms with Crippen LogP contribution in [-0.4, -0.2) is 38.3 Å². The zero-order valence-electron chi connectivity index (χ0n) is 20.1. The molecule has 36 heavy (non-hydrogen) atoms. The Kier molecular flexibility index (Phi) is 8.24. The lowest BCUT2D eigenvalue weighted by molar-refractivity contribution is -0.394. The lowest BCUT2D eigenvalue weighted by Crippen LogP contribution is -1.98. The summed E-state index contributed by atoms with van der Waals surface area (Å²) in [5, 5.41) is 23.5. The molecule has 0 spiro atoms. The second kappa shape index (κ2) is 11.5. The summed E-state index contributed by atoms with van der Waals surface area (Å²) >= 11 is 0. The molecule has 0 aliphatic rings. The zero-order valence-corrected chi connectivity index (χ0v) is 20.1. The molecule has 0 atom stereocenters. The minimum atomic E-state index is -0.659. The van der Waals surface area contributed by atoms with Crippen molar-refractivity contribution >= 4 is 35.7 Å². The van der Waals surface area contributed by atoms with Gasteiger partial charge in [0.25, 0.3) is 11.4 Å². The Morgan fingerprint density at radius 1 is 0.556 bits per heavy atom. The van der Waals surface area contributed by atoms with Crippen molar-refractivity contribution in [1.82, 2.24) is 0 Å². The molecule has 0 unspecified atom stereocenters. The first-order chi connectivity index (χ1) is 17.3. The van der Waals surface area contributed by atoms with Crippen molar-refractivity contribution in [2.24, 2.45) is 0 Å². The highest BCUT2D eigenvalue weighted by Crippen LogP contribution is 2.34. The molecule has 10 heteroatoms. The number of hydrogen-bond donors (Lipinski definition) is 0. The number of ether oxygens (including phenoxy) is 4. The van der Waals surface area contributed by atoms with Crippen molar-refractivity contribution in [3.05, 3.63) is 91.0 Å². The maximum Gasteiger partial charge on any atom is 0.283 e. The number of hydrogen-bond acceptors (Lipinski definition) is 8. The highest BCUT2D eigenvalue weighted by molar-refractivity contribution is 5.83. The molecule has 0 aliphatic heterocycles. The summed E-state index contributed by atoms with van der Waals surface area (Å²) in [5.41, 5.74) is 0.762.